The number of piperazine rings is 1. The molecule has 10 nitrogen and oxygen atoms in total. The summed E-state index contributed by atoms with van der Waals surface area (Å²) in [5.41, 5.74) is 8.28. The number of nitrogens with two attached hydrogens (primary N) is 1. The summed E-state index contributed by atoms with van der Waals surface area (Å²) >= 11 is 0. The lowest BCUT2D eigenvalue weighted by Gasteiger charge is -2.50. The van der Waals surface area contributed by atoms with E-state index in [-0.39, 0.29) is 41.3 Å². The molecule has 0 spiro atoms. The third kappa shape index (κ3) is 7.29. The molecule has 3 heterocycles. The molecule has 0 amide bonds. The third-order valence-corrected chi connectivity index (χ3v) is 10.2. The van der Waals surface area contributed by atoms with E-state index >= 15 is 0 Å². The average molecular weight is 666 g/mol. The fourth-order valence-electron chi connectivity index (χ4n) is 8.29. The van der Waals surface area contributed by atoms with Gasteiger partial charge in [0.1, 0.15) is 18.2 Å². The molecule has 3 aliphatic rings. The van der Waals surface area contributed by atoms with Gasteiger partial charge >= 0.3 is 0 Å². The van der Waals surface area contributed by atoms with Crippen LogP contribution in [0.1, 0.15) is 45.6 Å². The number of hydrogen-bond donors (Lipinski definition) is 2. The van der Waals surface area contributed by atoms with Crippen LogP contribution >= 0.6 is 0 Å². The summed E-state index contributed by atoms with van der Waals surface area (Å²) in [4.78, 5) is 27.9. The lowest BCUT2D eigenvalue weighted by molar-refractivity contribution is 0.0419. The van der Waals surface area contributed by atoms with Crippen molar-refractivity contribution in [3.05, 3.63) is 58.1 Å². The maximum Gasteiger partial charge on any atom is 0.262 e. The summed E-state index contributed by atoms with van der Waals surface area (Å²) in [5.74, 6) is 1.75. The molecule has 48 heavy (non-hydrogen) atoms. The number of nitrogens with one attached hydrogen (secondary N) is 1. The first-order valence-corrected chi connectivity index (χ1v) is 17.2. The molecule has 0 radical (unpaired) electrons. The van der Waals surface area contributed by atoms with E-state index in [1.54, 1.807) is 34.9 Å². The molecular weight excluding hydrogens is 616 g/mol. The molecule has 0 bridgehead atoms. The largest absolute Gasteiger partial charge is 0.497 e. The van der Waals surface area contributed by atoms with Gasteiger partial charge in [-0.05, 0) is 72.8 Å². The first-order chi connectivity index (χ1) is 23.1. The molecule has 12 heteroatoms. The van der Waals surface area contributed by atoms with Crippen LogP contribution in [-0.2, 0) is 17.7 Å². The van der Waals surface area contributed by atoms with Crippen molar-refractivity contribution in [1.82, 2.24) is 19.8 Å². The van der Waals surface area contributed by atoms with E-state index in [0.29, 0.717) is 91.5 Å². The molecule has 1 aromatic heterocycles. The summed E-state index contributed by atoms with van der Waals surface area (Å²) in [7, 11) is 1.50. The highest BCUT2D eigenvalue weighted by Gasteiger charge is 2.43. The molecule has 4 atom stereocenters. The van der Waals surface area contributed by atoms with Crippen LogP contribution in [0.4, 0.5) is 20.4 Å². The van der Waals surface area contributed by atoms with Crippen LogP contribution in [0.2, 0.25) is 0 Å². The first-order valence-electron chi connectivity index (χ1n) is 17.2. The zero-order valence-electron chi connectivity index (χ0n) is 28.6. The zero-order chi connectivity index (χ0) is 34.0. The van der Waals surface area contributed by atoms with E-state index in [9.17, 15) is 13.6 Å². The van der Waals surface area contributed by atoms with Gasteiger partial charge in [-0.2, -0.15) is 0 Å². The molecular formula is C36H49F2N7O3. The Labute approximate surface area is 281 Å². The topological polar surface area (TPSA) is 110 Å². The second-order valence-electron chi connectivity index (χ2n) is 14.4. The predicted molar refractivity (Wildman–Crippen MR) is 186 cm³/mol. The Morgan fingerprint density at radius 1 is 1.17 bits per heavy atom. The van der Waals surface area contributed by atoms with E-state index in [4.69, 9.17) is 25.2 Å². The minimum absolute atomic E-state index is 0.108. The second kappa shape index (κ2) is 14.4. The third-order valence-electron chi connectivity index (χ3n) is 10.2. The van der Waals surface area contributed by atoms with Gasteiger partial charge in [0, 0.05) is 38.8 Å². The Morgan fingerprint density at radius 3 is 2.67 bits per heavy atom. The number of ether oxygens (including phenoxy) is 2. The lowest BCUT2D eigenvalue weighted by atomic mass is 9.65. The summed E-state index contributed by atoms with van der Waals surface area (Å²) in [6.07, 6.45) is 3.50. The summed E-state index contributed by atoms with van der Waals surface area (Å²) in [6, 6.07) is 9.62. The number of anilines is 1. The molecule has 2 aromatic carbocycles. The monoisotopic (exact) mass is 665 g/mol. The Balaban J connectivity index is 1.32. The van der Waals surface area contributed by atoms with Crippen LogP contribution in [0.15, 0.2) is 46.2 Å². The van der Waals surface area contributed by atoms with Crippen LogP contribution in [0.5, 0.6) is 5.75 Å². The number of aliphatic imine (C=N–C) groups is 1. The van der Waals surface area contributed by atoms with Crippen molar-refractivity contribution in [3.8, 4) is 5.75 Å². The Hall–Kier alpha value is -3.77. The molecule has 2 unspecified atom stereocenters. The molecule has 260 valence electrons. The Kier molecular flexibility index (Phi) is 10.2. The fourth-order valence-corrected chi connectivity index (χ4v) is 8.29. The first kappa shape index (κ1) is 34.1. The smallest absolute Gasteiger partial charge is 0.262 e. The number of morpholine rings is 1. The van der Waals surface area contributed by atoms with Gasteiger partial charge in [0.15, 0.2) is 5.96 Å². The number of hydrogen-bond acceptors (Lipinski definition) is 7. The molecule has 6 rings (SSSR count). The predicted octanol–water partition coefficient (Wildman–Crippen LogP) is 4.64. The summed E-state index contributed by atoms with van der Waals surface area (Å²) < 4.78 is 41.6. The van der Waals surface area contributed by atoms with E-state index in [1.165, 1.54) is 13.2 Å². The Morgan fingerprint density at radius 2 is 1.96 bits per heavy atom. The number of alkyl halides is 1. The van der Waals surface area contributed by atoms with Gasteiger partial charge in [-0.25, -0.2) is 18.8 Å². The summed E-state index contributed by atoms with van der Waals surface area (Å²) in [6.45, 7) is 10.1. The number of rotatable bonds is 8. The minimum atomic E-state index is -0.471. The highest BCUT2D eigenvalue weighted by atomic mass is 19.1. The molecule has 1 aliphatic carbocycles. The van der Waals surface area contributed by atoms with E-state index in [0.717, 1.165) is 19.3 Å². The molecule has 3 N–H and O–H groups in total. The van der Waals surface area contributed by atoms with Crippen molar-refractivity contribution in [2.24, 2.45) is 28.0 Å². The molecule has 3 fully saturated rings. The van der Waals surface area contributed by atoms with Gasteiger partial charge < -0.3 is 30.3 Å². The zero-order valence-corrected chi connectivity index (χ0v) is 28.6. The maximum atomic E-state index is 14.8. The number of fused-ring (bicyclic) bond motifs is 1. The van der Waals surface area contributed by atoms with Crippen molar-refractivity contribution in [2.45, 2.75) is 65.1 Å². The highest BCUT2D eigenvalue weighted by Crippen LogP contribution is 2.44. The SMILES string of the molecule is COc1ccc(CCn2c(N3CCOCC3)nc3cc(N=C(N)N4CCN[C@@H](CF)C4C4C[C@@H](C)CC(C)(C)C4)ccc3c2=O)c(F)c1. The normalized spacial score (nSPS) is 25.0. The number of nitrogens with zero attached hydrogens (tertiary/aromatic N) is 5. The van der Waals surface area contributed by atoms with Crippen molar-refractivity contribution >= 4 is 28.5 Å². The van der Waals surface area contributed by atoms with Crippen molar-refractivity contribution < 1.29 is 18.3 Å². The van der Waals surface area contributed by atoms with Gasteiger partial charge in [0.25, 0.3) is 5.56 Å². The highest BCUT2D eigenvalue weighted by molar-refractivity contribution is 5.86. The van der Waals surface area contributed by atoms with Crippen molar-refractivity contribution in [2.75, 3.05) is 58.1 Å². The van der Waals surface area contributed by atoms with Crippen LogP contribution in [0.3, 0.4) is 0 Å². The van der Waals surface area contributed by atoms with Crippen LogP contribution in [0, 0.1) is 23.1 Å². The van der Waals surface area contributed by atoms with E-state index < -0.39 is 6.67 Å². The Bertz CT molecular complexity index is 1690. The van der Waals surface area contributed by atoms with Gasteiger partial charge in [-0.15, -0.1) is 0 Å². The number of halogens is 2. The standard InChI is InChI=1S/C36H49F2N7O3/c1-23-17-25(21-36(2,3)20-23)32-31(22-37)40-10-12-44(32)34(39)41-26-6-8-28-30(18-26)42-35(43-13-15-48-16-14-43)45(33(28)46)11-9-24-5-7-27(47-4)19-29(24)38/h5-8,18-19,23,25,31-32,40H,9-17,20-22H2,1-4H3,(H2,39,41)/t23-,25?,31+,32?/m1/s1. The number of guanidine groups is 1. The van der Waals surface area contributed by atoms with E-state index in [1.807, 2.05) is 4.90 Å². The number of benzene rings is 2. The van der Waals surface area contributed by atoms with Crippen molar-refractivity contribution in [1.29, 1.82) is 0 Å². The fraction of sp³-hybridized carbons (Fsp3) is 0.583. The van der Waals surface area contributed by atoms with Crippen LogP contribution in [0.25, 0.3) is 10.9 Å². The minimum Gasteiger partial charge on any atom is -0.497 e. The number of aromatic nitrogens is 2. The molecule has 2 saturated heterocycles. The lowest BCUT2D eigenvalue weighted by Crippen LogP contribution is -2.65. The molecule has 3 aromatic rings. The number of methoxy groups -OCH3 is 1. The van der Waals surface area contributed by atoms with Gasteiger partial charge in [-0.3, -0.25) is 9.36 Å². The van der Waals surface area contributed by atoms with Gasteiger partial charge in [-0.1, -0.05) is 26.8 Å². The van der Waals surface area contributed by atoms with Crippen LogP contribution < -0.4 is 26.2 Å². The number of aryl methyl sites for hydroxylation is 1. The maximum absolute atomic E-state index is 14.8. The molecule has 1 saturated carbocycles. The average Bonchev–Trinajstić information content (AvgIpc) is 3.07. The second-order valence-corrected chi connectivity index (χ2v) is 14.4. The van der Waals surface area contributed by atoms with Gasteiger partial charge in [0.2, 0.25) is 5.95 Å². The quantitative estimate of drug-likeness (QED) is 0.265. The van der Waals surface area contributed by atoms with Crippen LogP contribution in [-0.4, -0.2) is 85.7 Å². The molecule has 2 aliphatic heterocycles. The summed E-state index contributed by atoms with van der Waals surface area (Å²) in [5, 5.41) is 3.84. The van der Waals surface area contributed by atoms with Crippen molar-refractivity contribution in [3.63, 3.8) is 0 Å². The van der Waals surface area contributed by atoms with Gasteiger partial charge in [0.05, 0.1) is 49.0 Å². The van der Waals surface area contributed by atoms with E-state index in [2.05, 4.69) is 31.0 Å².